The third-order valence-electron chi connectivity index (χ3n) is 5.84. The molecule has 4 aromatic heterocycles. The summed E-state index contributed by atoms with van der Waals surface area (Å²) < 4.78 is 1.14. The number of nitrogens with one attached hydrogen (secondary N) is 2. The molecule has 1 unspecified atom stereocenters. The predicted octanol–water partition coefficient (Wildman–Crippen LogP) is 5.37. The summed E-state index contributed by atoms with van der Waals surface area (Å²) in [5.74, 6) is 1.65. The van der Waals surface area contributed by atoms with Crippen LogP contribution in [0, 0.1) is 0 Å². The van der Waals surface area contributed by atoms with Gasteiger partial charge in [0, 0.05) is 62.1 Å². The minimum absolute atomic E-state index is 0. The van der Waals surface area contributed by atoms with E-state index in [4.69, 9.17) is 4.98 Å². The molecule has 0 spiro atoms. The van der Waals surface area contributed by atoms with E-state index in [0.29, 0.717) is 24.5 Å². The Hall–Kier alpha value is -2.42. The van der Waals surface area contributed by atoms with Gasteiger partial charge in [-0.3, -0.25) is 9.78 Å². The topological polar surface area (TPSA) is 83.6 Å². The second-order valence-corrected chi connectivity index (χ2v) is 10.3. The third-order valence-corrected chi connectivity index (χ3v) is 8.13. The first-order chi connectivity index (χ1) is 15.2. The van der Waals surface area contributed by atoms with E-state index in [1.54, 1.807) is 28.9 Å². The van der Waals surface area contributed by atoms with Crippen molar-refractivity contribution in [1.82, 2.24) is 25.3 Å². The quantitative estimate of drug-likeness (QED) is 0.373. The van der Waals surface area contributed by atoms with Gasteiger partial charge >= 0.3 is 0 Å². The molecule has 0 aromatic carbocycles. The number of thiophene rings is 1. The molecular weight excluding hydrogens is 426 g/mol. The zero-order valence-corrected chi connectivity index (χ0v) is 19.1. The molecule has 31 heavy (non-hydrogen) atoms. The number of aromatic nitrogens is 4. The van der Waals surface area contributed by atoms with Crippen LogP contribution >= 0.6 is 22.7 Å². The van der Waals surface area contributed by atoms with E-state index in [0.717, 1.165) is 53.4 Å². The van der Waals surface area contributed by atoms with Crippen molar-refractivity contribution >= 4 is 38.7 Å². The summed E-state index contributed by atoms with van der Waals surface area (Å²) in [5, 5.41) is 4.49. The zero-order chi connectivity index (χ0) is 21.2. The van der Waals surface area contributed by atoms with Crippen molar-refractivity contribution in [2.24, 2.45) is 0 Å². The third kappa shape index (κ3) is 4.33. The van der Waals surface area contributed by atoms with Crippen LogP contribution in [0.4, 0.5) is 0 Å². The second-order valence-electron chi connectivity index (χ2n) is 8.07. The van der Waals surface area contributed by atoms with Crippen LogP contribution in [0.1, 0.15) is 56.1 Å². The molecule has 1 atom stereocenters. The Morgan fingerprint density at radius 2 is 2.26 bits per heavy atom. The number of rotatable bonds is 8. The average Bonchev–Trinajstić information content (AvgIpc) is 3.51. The molecule has 8 heteroatoms. The van der Waals surface area contributed by atoms with Gasteiger partial charge in [0.15, 0.2) is 0 Å². The number of hydrogen-bond donors (Lipinski definition) is 2. The molecule has 6 nitrogen and oxygen atoms in total. The van der Waals surface area contributed by atoms with Gasteiger partial charge in [0.2, 0.25) is 0 Å². The number of nitrogens with zero attached hydrogens (tertiary/aromatic N) is 3. The number of aromatic amines is 1. The molecule has 5 heterocycles. The lowest BCUT2D eigenvalue weighted by Crippen LogP contribution is -2.22. The summed E-state index contributed by atoms with van der Waals surface area (Å²) in [6.45, 7) is 4.01. The van der Waals surface area contributed by atoms with Gasteiger partial charge in [-0.25, -0.2) is 9.97 Å². The van der Waals surface area contributed by atoms with Crippen LogP contribution in [0.3, 0.4) is 0 Å². The molecule has 0 amide bonds. The van der Waals surface area contributed by atoms with Crippen molar-refractivity contribution in [3.63, 3.8) is 0 Å². The molecule has 0 radical (unpaired) electrons. The molecule has 5 rings (SSSR count). The summed E-state index contributed by atoms with van der Waals surface area (Å²) in [5.41, 5.74) is 3.52. The number of H-pyrrole nitrogens is 1. The van der Waals surface area contributed by atoms with Crippen LogP contribution in [0.25, 0.3) is 20.8 Å². The first-order valence-corrected chi connectivity index (χ1v) is 12.4. The van der Waals surface area contributed by atoms with Gasteiger partial charge in [-0.2, -0.15) is 0 Å². The summed E-state index contributed by atoms with van der Waals surface area (Å²) in [6, 6.07) is 2.02. The Morgan fingerprint density at radius 3 is 3.10 bits per heavy atom. The van der Waals surface area contributed by atoms with E-state index in [9.17, 15) is 4.79 Å². The number of hydrogen-bond acceptors (Lipinski definition) is 7. The lowest BCUT2D eigenvalue weighted by Gasteiger charge is -2.13. The van der Waals surface area contributed by atoms with Crippen LogP contribution < -0.4 is 5.32 Å². The standard InChI is InChI=1S/C23H25N5OS2.2H2/c1-14(22-26-9-10-27-22)3-2-4-15(29)11-19-21(16-5-7-25-13-20(16)30-19)23-28-17-12-24-8-6-18(17)31-23;;/h6,8-10,12,14,25H,2-5,7,11,13H2,1H3,(H,26,27);2*1H. The van der Waals surface area contributed by atoms with E-state index >= 15 is 0 Å². The van der Waals surface area contributed by atoms with Crippen molar-refractivity contribution in [2.45, 2.75) is 51.5 Å². The highest BCUT2D eigenvalue weighted by Crippen LogP contribution is 2.41. The Morgan fingerprint density at radius 1 is 1.32 bits per heavy atom. The molecule has 0 aliphatic carbocycles. The molecule has 164 valence electrons. The van der Waals surface area contributed by atoms with Gasteiger partial charge in [-0.1, -0.05) is 6.92 Å². The van der Waals surface area contributed by atoms with Crippen molar-refractivity contribution in [3.8, 4) is 10.6 Å². The molecule has 1 aliphatic rings. The van der Waals surface area contributed by atoms with Crippen molar-refractivity contribution in [2.75, 3.05) is 6.54 Å². The van der Waals surface area contributed by atoms with E-state index in [-0.39, 0.29) is 2.85 Å². The highest BCUT2D eigenvalue weighted by molar-refractivity contribution is 7.22. The number of pyridine rings is 1. The summed E-state index contributed by atoms with van der Waals surface area (Å²) in [7, 11) is 0. The Balaban J connectivity index is 0.00000153. The van der Waals surface area contributed by atoms with Gasteiger partial charge in [-0.15, -0.1) is 22.7 Å². The smallest absolute Gasteiger partial charge is 0.138 e. The predicted molar refractivity (Wildman–Crippen MR) is 130 cm³/mol. The highest BCUT2D eigenvalue weighted by atomic mass is 32.1. The molecular formula is C23H29N5OS2. The number of thiazole rings is 1. The monoisotopic (exact) mass is 455 g/mol. The highest BCUT2D eigenvalue weighted by Gasteiger charge is 2.25. The number of carbonyl (C=O) groups is 1. The first-order valence-electron chi connectivity index (χ1n) is 10.7. The van der Waals surface area contributed by atoms with Crippen LogP contribution in [0.5, 0.6) is 0 Å². The number of ketones is 1. The maximum atomic E-state index is 12.9. The van der Waals surface area contributed by atoms with Crippen molar-refractivity contribution in [1.29, 1.82) is 0 Å². The Labute approximate surface area is 192 Å². The van der Waals surface area contributed by atoms with Gasteiger partial charge in [0.1, 0.15) is 22.1 Å². The summed E-state index contributed by atoms with van der Waals surface area (Å²) >= 11 is 3.49. The lowest BCUT2D eigenvalue weighted by atomic mass is 9.98. The summed E-state index contributed by atoms with van der Waals surface area (Å²) in [4.78, 5) is 32.0. The molecule has 4 aromatic rings. The number of fused-ring (bicyclic) bond motifs is 2. The fourth-order valence-corrected chi connectivity index (χ4v) is 6.66. The molecule has 0 bridgehead atoms. The largest absolute Gasteiger partial charge is 0.348 e. The zero-order valence-electron chi connectivity index (χ0n) is 17.5. The number of carbonyl (C=O) groups excluding carboxylic acids is 1. The molecule has 0 saturated heterocycles. The lowest BCUT2D eigenvalue weighted by molar-refractivity contribution is -0.118. The maximum Gasteiger partial charge on any atom is 0.138 e. The first kappa shape index (κ1) is 20.5. The van der Waals surface area contributed by atoms with Gasteiger partial charge in [0.05, 0.1) is 10.9 Å². The van der Waals surface area contributed by atoms with Crippen molar-refractivity contribution in [3.05, 3.63) is 52.0 Å². The minimum atomic E-state index is 0. The van der Waals surface area contributed by atoms with Crippen LogP contribution in [0.2, 0.25) is 0 Å². The fourth-order valence-electron chi connectivity index (χ4n) is 4.21. The van der Waals surface area contributed by atoms with E-state index in [1.165, 1.54) is 20.9 Å². The molecule has 0 fully saturated rings. The second kappa shape index (κ2) is 8.98. The Bertz CT molecular complexity index is 1170. The molecule has 1 aliphatic heterocycles. The normalized spacial score (nSPS) is 14.6. The van der Waals surface area contributed by atoms with Gasteiger partial charge in [0.25, 0.3) is 0 Å². The van der Waals surface area contributed by atoms with Crippen LogP contribution in [-0.2, 0) is 24.2 Å². The Kier molecular flexibility index (Phi) is 5.93. The number of Topliss-reactive ketones (excluding diaryl/α,β-unsaturated/α-hetero) is 1. The van der Waals surface area contributed by atoms with Crippen molar-refractivity contribution < 1.29 is 7.65 Å². The van der Waals surface area contributed by atoms with Gasteiger partial charge in [-0.05, 0) is 37.4 Å². The minimum Gasteiger partial charge on any atom is -0.348 e. The van der Waals surface area contributed by atoms with Gasteiger partial charge < -0.3 is 10.3 Å². The number of imidazole rings is 1. The van der Waals surface area contributed by atoms with Crippen LogP contribution in [-0.4, -0.2) is 32.3 Å². The molecule has 2 N–H and O–H groups in total. The maximum absolute atomic E-state index is 12.9. The SMILES string of the molecule is CC(CCCC(=O)Cc1sc2c(c1-c1nc3cnccc3s1)CCNC2)c1ncc[nH]1.[HH].[HH]. The van der Waals surface area contributed by atoms with E-state index in [1.807, 2.05) is 24.7 Å². The van der Waals surface area contributed by atoms with E-state index in [2.05, 4.69) is 27.2 Å². The summed E-state index contributed by atoms with van der Waals surface area (Å²) in [6.07, 6.45) is 11.2. The van der Waals surface area contributed by atoms with Crippen LogP contribution in [0.15, 0.2) is 30.9 Å². The fraction of sp³-hybridized carbons (Fsp3) is 0.391. The molecule has 0 saturated carbocycles. The average molecular weight is 456 g/mol. The van der Waals surface area contributed by atoms with E-state index < -0.39 is 0 Å².